The molecule has 0 unspecified atom stereocenters. The fourth-order valence-electron chi connectivity index (χ4n) is 2.47. The quantitative estimate of drug-likeness (QED) is 0.462. The van der Waals surface area contributed by atoms with E-state index in [-0.39, 0.29) is 29.0 Å². The molecule has 8 heteroatoms. The number of carboxylic acid groups (broad SMARTS) is 1. The Morgan fingerprint density at radius 3 is 2.41 bits per heavy atom. The Morgan fingerprint density at radius 1 is 1.03 bits per heavy atom. The minimum absolute atomic E-state index is 0.0272. The number of carbonyl (C=O) groups is 1. The summed E-state index contributed by atoms with van der Waals surface area (Å²) in [5.74, 6) is -1.40. The summed E-state index contributed by atoms with van der Waals surface area (Å²) in [4.78, 5) is 19.8. The Hall–Kier alpha value is -3.94. The molecule has 0 saturated heterocycles. The summed E-state index contributed by atoms with van der Waals surface area (Å²) in [7, 11) is 1.35. The van der Waals surface area contributed by atoms with Gasteiger partial charge >= 0.3 is 12.0 Å². The molecule has 0 bridgehead atoms. The SMILES string of the molecule is CO/C=C(/C(=O)O)c1ccccc1Oc1cc(C)nc(Oc2ccccc2F)n1. The van der Waals surface area contributed by atoms with Gasteiger partial charge in [0.2, 0.25) is 5.88 Å². The predicted octanol–water partition coefficient (Wildman–Crippen LogP) is 4.58. The summed E-state index contributed by atoms with van der Waals surface area (Å²) in [5, 5.41) is 9.44. The van der Waals surface area contributed by atoms with E-state index < -0.39 is 11.8 Å². The molecule has 0 spiro atoms. The van der Waals surface area contributed by atoms with Gasteiger partial charge in [-0.2, -0.15) is 9.97 Å². The second-order valence-corrected chi connectivity index (χ2v) is 5.83. The minimum atomic E-state index is -1.18. The lowest BCUT2D eigenvalue weighted by molar-refractivity contribution is -0.130. The number of benzene rings is 2. The molecule has 1 N–H and O–H groups in total. The molecule has 0 aliphatic carbocycles. The summed E-state index contributed by atoms with van der Waals surface area (Å²) in [5.41, 5.74) is 0.733. The maximum Gasteiger partial charge on any atom is 0.339 e. The van der Waals surface area contributed by atoms with E-state index in [1.54, 1.807) is 49.4 Å². The van der Waals surface area contributed by atoms with E-state index in [9.17, 15) is 14.3 Å². The largest absolute Gasteiger partial charge is 0.503 e. The number of para-hydroxylation sites is 2. The van der Waals surface area contributed by atoms with Crippen molar-refractivity contribution in [3.05, 3.63) is 77.9 Å². The minimum Gasteiger partial charge on any atom is -0.503 e. The first-order valence-corrected chi connectivity index (χ1v) is 8.49. The number of aliphatic carboxylic acids is 1. The maximum absolute atomic E-state index is 13.8. The van der Waals surface area contributed by atoms with Gasteiger partial charge in [0.25, 0.3) is 0 Å². The zero-order valence-corrected chi connectivity index (χ0v) is 15.6. The second-order valence-electron chi connectivity index (χ2n) is 5.83. The van der Waals surface area contributed by atoms with Gasteiger partial charge < -0.3 is 19.3 Å². The first-order valence-electron chi connectivity index (χ1n) is 8.49. The van der Waals surface area contributed by atoms with Crippen molar-refractivity contribution in [2.24, 2.45) is 0 Å². The molecule has 0 amide bonds. The summed E-state index contributed by atoms with van der Waals surface area (Å²) < 4.78 is 29.9. The third-order valence-electron chi connectivity index (χ3n) is 3.71. The third kappa shape index (κ3) is 4.86. The van der Waals surface area contributed by atoms with Crippen LogP contribution in [0.15, 0.2) is 60.9 Å². The smallest absolute Gasteiger partial charge is 0.339 e. The number of nitrogens with zero attached hydrogens (tertiary/aromatic N) is 2. The van der Waals surface area contributed by atoms with Gasteiger partial charge in [0.05, 0.1) is 13.4 Å². The Bertz CT molecular complexity index is 1070. The summed E-state index contributed by atoms with van der Waals surface area (Å²) in [6.45, 7) is 1.70. The highest BCUT2D eigenvalue weighted by Gasteiger charge is 2.17. The fraction of sp³-hybridized carbons (Fsp3) is 0.0952. The molecule has 0 fully saturated rings. The van der Waals surface area contributed by atoms with Crippen LogP contribution in [0.5, 0.6) is 23.4 Å². The lowest BCUT2D eigenvalue weighted by Gasteiger charge is -2.12. The molecule has 0 radical (unpaired) electrons. The van der Waals surface area contributed by atoms with Crippen LogP contribution in [0.2, 0.25) is 0 Å². The first-order chi connectivity index (χ1) is 14.0. The maximum atomic E-state index is 13.8. The second kappa shape index (κ2) is 8.83. The Balaban J connectivity index is 1.94. The van der Waals surface area contributed by atoms with Crippen molar-refractivity contribution in [3.63, 3.8) is 0 Å². The highest BCUT2D eigenvalue weighted by Crippen LogP contribution is 2.31. The van der Waals surface area contributed by atoms with Gasteiger partial charge in [-0.25, -0.2) is 9.18 Å². The number of hydrogen-bond donors (Lipinski definition) is 1. The van der Waals surface area contributed by atoms with Gasteiger partial charge in [0.1, 0.15) is 11.3 Å². The summed E-state index contributed by atoms with van der Waals surface area (Å²) >= 11 is 0. The van der Waals surface area contributed by atoms with Crippen LogP contribution in [0.1, 0.15) is 11.3 Å². The lowest BCUT2D eigenvalue weighted by atomic mass is 10.1. The molecular formula is C21H17FN2O5. The molecule has 2 aromatic carbocycles. The normalized spacial score (nSPS) is 11.1. The number of aryl methyl sites for hydroxylation is 1. The van der Waals surface area contributed by atoms with Crippen molar-refractivity contribution in [1.82, 2.24) is 9.97 Å². The lowest BCUT2D eigenvalue weighted by Crippen LogP contribution is -2.03. The summed E-state index contributed by atoms with van der Waals surface area (Å²) in [6.07, 6.45) is 1.11. The molecule has 1 aromatic heterocycles. The van der Waals surface area contributed by atoms with Crippen molar-refractivity contribution in [2.45, 2.75) is 6.92 Å². The van der Waals surface area contributed by atoms with Crippen LogP contribution in [0.4, 0.5) is 4.39 Å². The van der Waals surface area contributed by atoms with E-state index in [0.717, 1.165) is 6.26 Å². The van der Waals surface area contributed by atoms with Crippen molar-refractivity contribution in [1.29, 1.82) is 0 Å². The number of methoxy groups -OCH3 is 1. The van der Waals surface area contributed by atoms with Crippen LogP contribution < -0.4 is 9.47 Å². The monoisotopic (exact) mass is 396 g/mol. The topological polar surface area (TPSA) is 90.8 Å². The van der Waals surface area contributed by atoms with E-state index in [4.69, 9.17) is 14.2 Å². The van der Waals surface area contributed by atoms with E-state index in [1.165, 1.54) is 19.2 Å². The van der Waals surface area contributed by atoms with Gasteiger partial charge in [-0.15, -0.1) is 0 Å². The average Bonchev–Trinajstić information content (AvgIpc) is 2.68. The Morgan fingerprint density at radius 2 is 1.72 bits per heavy atom. The van der Waals surface area contributed by atoms with Crippen LogP contribution in [-0.4, -0.2) is 28.2 Å². The molecule has 3 aromatic rings. The van der Waals surface area contributed by atoms with Crippen LogP contribution >= 0.6 is 0 Å². The number of aromatic nitrogens is 2. The molecule has 0 aliphatic heterocycles. The van der Waals surface area contributed by atoms with Crippen molar-refractivity contribution in [3.8, 4) is 23.4 Å². The molecule has 7 nitrogen and oxygen atoms in total. The molecule has 0 saturated carbocycles. The fourth-order valence-corrected chi connectivity index (χ4v) is 2.47. The van der Waals surface area contributed by atoms with Crippen LogP contribution in [0.3, 0.4) is 0 Å². The van der Waals surface area contributed by atoms with Gasteiger partial charge in [-0.05, 0) is 25.1 Å². The van der Waals surface area contributed by atoms with E-state index in [0.29, 0.717) is 11.3 Å². The van der Waals surface area contributed by atoms with E-state index in [1.807, 2.05) is 0 Å². The van der Waals surface area contributed by atoms with Crippen LogP contribution in [0, 0.1) is 12.7 Å². The molecule has 148 valence electrons. The number of rotatable bonds is 7. The molecule has 0 atom stereocenters. The van der Waals surface area contributed by atoms with Gasteiger partial charge in [0, 0.05) is 17.3 Å². The molecule has 1 heterocycles. The van der Waals surface area contributed by atoms with Crippen molar-refractivity contribution in [2.75, 3.05) is 7.11 Å². The van der Waals surface area contributed by atoms with E-state index >= 15 is 0 Å². The molecular weight excluding hydrogens is 379 g/mol. The van der Waals surface area contributed by atoms with Gasteiger partial charge in [-0.3, -0.25) is 0 Å². The van der Waals surface area contributed by atoms with Crippen LogP contribution in [-0.2, 0) is 9.53 Å². The standard InChI is InChI=1S/C21H17FN2O5/c1-13-11-19(24-21(23-13)29-18-10-6-4-8-16(18)22)28-17-9-5-3-7-14(17)15(12-27-2)20(25)26/h3-12H,1-2H3,(H,25,26)/b15-12+. The van der Waals surface area contributed by atoms with Crippen molar-refractivity contribution < 1.29 is 28.5 Å². The highest BCUT2D eigenvalue weighted by atomic mass is 19.1. The van der Waals surface area contributed by atoms with E-state index in [2.05, 4.69) is 9.97 Å². The Kier molecular flexibility index (Phi) is 6.03. The molecule has 0 aliphatic rings. The zero-order chi connectivity index (χ0) is 20.8. The number of halogens is 1. The number of ether oxygens (including phenoxy) is 3. The van der Waals surface area contributed by atoms with Crippen molar-refractivity contribution >= 4 is 11.5 Å². The average molecular weight is 396 g/mol. The predicted molar refractivity (Wildman–Crippen MR) is 102 cm³/mol. The highest BCUT2D eigenvalue weighted by molar-refractivity contribution is 6.15. The molecule has 29 heavy (non-hydrogen) atoms. The first kappa shape index (κ1) is 19.8. The third-order valence-corrected chi connectivity index (χ3v) is 3.71. The Labute approximate surface area is 166 Å². The zero-order valence-electron chi connectivity index (χ0n) is 15.6. The number of hydrogen-bond acceptors (Lipinski definition) is 6. The van der Waals surface area contributed by atoms with Gasteiger partial charge in [0.15, 0.2) is 11.6 Å². The molecule has 3 rings (SSSR count). The van der Waals surface area contributed by atoms with Gasteiger partial charge in [-0.1, -0.05) is 30.3 Å². The number of carboxylic acids is 1. The van der Waals surface area contributed by atoms with Crippen LogP contribution in [0.25, 0.3) is 5.57 Å². The summed E-state index contributed by atoms with van der Waals surface area (Å²) in [6, 6.07) is 13.9.